The molecule has 0 bridgehead atoms. The second-order valence-electron chi connectivity index (χ2n) is 5.39. The Morgan fingerprint density at radius 2 is 2.06 bits per heavy atom. The van der Waals surface area contributed by atoms with Crippen LogP contribution in [0.1, 0.15) is 32.9 Å². The maximum atomic E-state index is 5.93. The number of hydrogen-bond acceptors (Lipinski definition) is 2. The zero-order chi connectivity index (χ0) is 12.2. The van der Waals surface area contributed by atoms with Gasteiger partial charge in [-0.2, -0.15) is 5.10 Å². The molecule has 0 aromatic carbocycles. The SMILES string of the molecule is Cc1nn(CCNCCC(C)(C)C)cc1Cl. The van der Waals surface area contributed by atoms with Gasteiger partial charge in [0.25, 0.3) is 0 Å². The molecule has 0 unspecified atom stereocenters. The van der Waals surface area contributed by atoms with Gasteiger partial charge in [0.05, 0.1) is 17.3 Å². The predicted molar refractivity (Wildman–Crippen MR) is 68.9 cm³/mol. The lowest BCUT2D eigenvalue weighted by Crippen LogP contribution is -2.24. The van der Waals surface area contributed by atoms with Crippen molar-refractivity contribution in [3.8, 4) is 0 Å². The van der Waals surface area contributed by atoms with Crippen molar-refractivity contribution in [1.29, 1.82) is 0 Å². The van der Waals surface area contributed by atoms with Crippen LogP contribution >= 0.6 is 11.6 Å². The van der Waals surface area contributed by atoms with E-state index in [2.05, 4.69) is 31.2 Å². The van der Waals surface area contributed by atoms with Gasteiger partial charge in [-0.3, -0.25) is 4.68 Å². The van der Waals surface area contributed by atoms with E-state index in [0.29, 0.717) is 5.41 Å². The average molecular weight is 244 g/mol. The molecule has 1 N–H and O–H groups in total. The zero-order valence-corrected chi connectivity index (χ0v) is 11.4. The third-order valence-electron chi connectivity index (χ3n) is 2.46. The van der Waals surface area contributed by atoms with E-state index in [-0.39, 0.29) is 0 Å². The van der Waals surface area contributed by atoms with Gasteiger partial charge in [-0.05, 0) is 25.3 Å². The largest absolute Gasteiger partial charge is 0.315 e. The minimum atomic E-state index is 0.401. The lowest BCUT2D eigenvalue weighted by atomic mass is 9.92. The number of hydrogen-bond donors (Lipinski definition) is 1. The fourth-order valence-corrected chi connectivity index (χ4v) is 1.54. The molecule has 0 amide bonds. The van der Waals surface area contributed by atoms with E-state index in [4.69, 9.17) is 11.6 Å². The maximum absolute atomic E-state index is 5.93. The van der Waals surface area contributed by atoms with Gasteiger partial charge in [0.15, 0.2) is 0 Å². The Balaban J connectivity index is 2.16. The van der Waals surface area contributed by atoms with E-state index in [1.54, 1.807) is 0 Å². The monoisotopic (exact) mass is 243 g/mol. The topological polar surface area (TPSA) is 29.9 Å². The summed E-state index contributed by atoms with van der Waals surface area (Å²) in [5.74, 6) is 0. The molecule has 4 heteroatoms. The first-order valence-electron chi connectivity index (χ1n) is 5.79. The molecular formula is C12H22ClN3. The number of aryl methyl sites for hydroxylation is 1. The molecule has 0 saturated carbocycles. The predicted octanol–water partition coefficient (Wildman–Crippen LogP) is 2.87. The van der Waals surface area contributed by atoms with Gasteiger partial charge >= 0.3 is 0 Å². The summed E-state index contributed by atoms with van der Waals surface area (Å²) in [6, 6.07) is 0. The summed E-state index contributed by atoms with van der Waals surface area (Å²) in [7, 11) is 0. The van der Waals surface area contributed by atoms with Crippen LogP contribution in [0, 0.1) is 12.3 Å². The van der Waals surface area contributed by atoms with Crippen molar-refractivity contribution >= 4 is 11.6 Å². The highest BCUT2D eigenvalue weighted by Gasteiger charge is 2.08. The number of rotatable bonds is 5. The Kier molecular flexibility index (Phi) is 4.81. The maximum Gasteiger partial charge on any atom is 0.0814 e. The van der Waals surface area contributed by atoms with Crippen LogP contribution in [0.5, 0.6) is 0 Å². The molecule has 0 aliphatic carbocycles. The second-order valence-corrected chi connectivity index (χ2v) is 5.79. The van der Waals surface area contributed by atoms with Gasteiger partial charge in [0.2, 0.25) is 0 Å². The molecular weight excluding hydrogens is 222 g/mol. The summed E-state index contributed by atoms with van der Waals surface area (Å²) in [4.78, 5) is 0. The highest BCUT2D eigenvalue weighted by molar-refractivity contribution is 6.31. The van der Waals surface area contributed by atoms with Gasteiger partial charge in [0, 0.05) is 12.7 Å². The first-order valence-corrected chi connectivity index (χ1v) is 6.16. The smallest absolute Gasteiger partial charge is 0.0814 e. The molecule has 0 atom stereocenters. The lowest BCUT2D eigenvalue weighted by molar-refractivity contribution is 0.364. The molecule has 16 heavy (non-hydrogen) atoms. The molecule has 0 aliphatic heterocycles. The van der Waals surface area contributed by atoms with Crippen LogP contribution in [-0.2, 0) is 6.54 Å². The molecule has 1 heterocycles. The normalized spacial score (nSPS) is 12.1. The highest BCUT2D eigenvalue weighted by atomic mass is 35.5. The zero-order valence-electron chi connectivity index (χ0n) is 10.7. The molecule has 1 rings (SSSR count). The van der Waals surface area contributed by atoms with E-state index in [0.717, 1.165) is 30.4 Å². The van der Waals surface area contributed by atoms with Gasteiger partial charge in [-0.25, -0.2) is 0 Å². The van der Waals surface area contributed by atoms with Crippen molar-refractivity contribution in [2.45, 2.75) is 40.7 Å². The van der Waals surface area contributed by atoms with E-state index in [1.807, 2.05) is 17.8 Å². The van der Waals surface area contributed by atoms with Crippen molar-refractivity contribution < 1.29 is 0 Å². The van der Waals surface area contributed by atoms with Gasteiger partial charge in [0.1, 0.15) is 0 Å². The number of nitrogens with zero attached hydrogens (tertiary/aromatic N) is 2. The van der Waals surface area contributed by atoms with Gasteiger partial charge in [-0.1, -0.05) is 32.4 Å². The molecule has 1 aromatic rings. The minimum absolute atomic E-state index is 0.401. The minimum Gasteiger partial charge on any atom is -0.315 e. The van der Waals surface area contributed by atoms with E-state index in [9.17, 15) is 0 Å². The third kappa shape index (κ3) is 4.99. The Bertz CT molecular complexity index is 306. The first kappa shape index (κ1) is 13.5. The molecule has 3 nitrogen and oxygen atoms in total. The summed E-state index contributed by atoms with van der Waals surface area (Å²) < 4.78 is 1.89. The quantitative estimate of drug-likeness (QED) is 0.806. The number of aromatic nitrogens is 2. The van der Waals surface area contributed by atoms with E-state index >= 15 is 0 Å². The molecule has 0 fully saturated rings. The summed E-state index contributed by atoms with van der Waals surface area (Å²) in [5.41, 5.74) is 1.30. The summed E-state index contributed by atoms with van der Waals surface area (Å²) in [6.07, 6.45) is 3.06. The van der Waals surface area contributed by atoms with E-state index < -0.39 is 0 Å². The van der Waals surface area contributed by atoms with Crippen molar-refractivity contribution in [3.05, 3.63) is 16.9 Å². The number of nitrogens with one attached hydrogen (secondary N) is 1. The van der Waals surface area contributed by atoms with Crippen LogP contribution in [0.2, 0.25) is 5.02 Å². The van der Waals surface area contributed by atoms with Crippen LogP contribution in [0.3, 0.4) is 0 Å². The highest BCUT2D eigenvalue weighted by Crippen LogP contribution is 2.16. The average Bonchev–Trinajstić information content (AvgIpc) is 2.44. The summed E-state index contributed by atoms with van der Waals surface area (Å²) >= 11 is 5.93. The van der Waals surface area contributed by atoms with Crippen LogP contribution in [0.4, 0.5) is 0 Å². The molecule has 0 spiro atoms. The summed E-state index contributed by atoms with van der Waals surface area (Å²) in [6.45, 7) is 11.6. The third-order valence-corrected chi connectivity index (χ3v) is 2.83. The lowest BCUT2D eigenvalue weighted by Gasteiger charge is -2.17. The number of halogens is 1. The first-order chi connectivity index (χ1) is 7.38. The van der Waals surface area contributed by atoms with Crippen molar-refractivity contribution in [1.82, 2.24) is 15.1 Å². The fraction of sp³-hybridized carbons (Fsp3) is 0.750. The molecule has 1 aromatic heterocycles. The Hall–Kier alpha value is -0.540. The van der Waals surface area contributed by atoms with E-state index in [1.165, 1.54) is 6.42 Å². The van der Waals surface area contributed by atoms with Crippen molar-refractivity contribution in [2.75, 3.05) is 13.1 Å². The molecule has 92 valence electrons. The Morgan fingerprint density at radius 3 is 2.56 bits per heavy atom. The molecule has 0 saturated heterocycles. The standard InChI is InChI=1S/C12H22ClN3/c1-10-11(13)9-16(15-10)8-7-14-6-5-12(2,3)4/h9,14H,5-8H2,1-4H3. The second kappa shape index (κ2) is 5.69. The molecule has 0 aliphatic rings. The van der Waals surface area contributed by atoms with Crippen LogP contribution in [0.15, 0.2) is 6.20 Å². The van der Waals surface area contributed by atoms with Crippen LogP contribution < -0.4 is 5.32 Å². The van der Waals surface area contributed by atoms with Crippen molar-refractivity contribution in [2.24, 2.45) is 5.41 Å². The Labute approximate surface area is 103 Å². The van der Waals surface area contributed by atoms with Gasteiger partial charge < -0.3 is 5.32 Å². The van der Waals surface area contributed by atoms with Crippen LogP contribution in [-0.4, -0.2) is 22.9 Å². The molecule has 0 radical (unpaired) electrons. The fourth-order valence-electron chi connectivity index (χ4n) is 1.39. The van der Waals surface area contributed by atoms with Crippen LogP contribution in [0.25, 0.3) is 0 Å². The Morgan fingerprint density at radius 1 is 1.38 bits per heavy atom. The summed E-state index contributed by atoms with van der Waals surface area (Å²) in [5, 5.41) is 8.46. The van der Waals surface area contributed by atoms with Crippen molar-refractivity contribution in [3.63, 3.8) is 0 Å². The van der Waals surface area contributed by atoms with Gasteiger partial charge in [-0.15, -0.1) is 0 Å².